The predicted molar refractivity (Wildman–Crippen MR) is 55.3 cm³/mol. The molecule has 0 aromatic carbocycles. The first-order valence-corrected chi connectivity index (χ1v) is 6.72. The van der Waals surface area contributed by atoms with E-state index in [1.54, 1.807) is 6.92 Å². The highest BCUT2D eigenvalue weighted by Gasteiger charge is 2.27. The van der Waals surface area contributed by atoms with Gasteiger partial charge in [0.25, 0.3) is 0 Å². The summed E-state index contributed by atoms with van der Waals surface area (Å²) in [6.07, 6.45) is -0.425. The lowest BCUT2D eigenvalue weighted by molar-refractivity contribution is -0.148. The molecule has 13 heavy (non-hydrogen) atoms. The van der Waals surface area contributed by atoms with Gasteiger partial charge in [-0.25, -0.2) is 4.79 Å². The highest BCUT2D eigenvalue weighted by atomic mass is 28.3. The van der Waals surface area contributed by atoms with E-state index in [1.807, 2.05) is 0 Å². The Morgan fingerprint density at radius 1 is 1.38 bits per heavy atom. The van der Waals surface area contributed by atoms with Crippen molar-refractivity contribution in [1.82, 2.24) is 0 Å². The first-order chi connectivity index (χ1) is 5.79. The van der Waals surface area contributed by atoms with Gasteiger partial charge in [0.1, 0.15) is 6.10 Å². The summed E-state index contributed by atoms with van der Waals surface area (Å²) in [4.78, 5) is 11.0. The van der Waals surface area contributed by atoms with Crippen molar-refractivity contribution in [2.45, 2.75) is 45.4 Å². The number of hydrogen-bond donors (Lipinski definition) is 0. The first-order valence-electron chi connectivity index (χ1n) is 4.52. The molecule has 0 aliphatic heterocycles. The van der Waals surface area contributed by atoms with Crippen LogP contribution in [-0.4, -0.2) is 28.2 Å². The van der Waals surface area contributed by atoms with E-state index in [0.717, 1.165) is 0 Å². The van der Waals surface area contributed by atoms with Crippen LogP contribution in [0.3, 0.4) is 0 Å². The lowest BCUT2D eigenvalue weighted by atomic mass is 10.3. The molecule has 2 atom stereocenters. The third kappa shape index (κ3) is 4.43. The third-order valence-corrected chi connectivity index (χ3v) is 5.42. The lowest BCUT2D eigenvalue weighted by Gasteiger charge is -2.27. The van der Waals surface area contributed by atoms with Crippen molar-refractivity contribution in [3.63, 3.8) is 0 Å². The molecule has 3 nitrogen and oxygen atoms in total. The van der Waals surface area contributed by atoms with Gasteiger partial charge >= 0.3 is 5.97 Å². The zero-order chi connectivity index (χ0) is 10.6. The Bertz CT molecular complexity index is 174. The minimum Gasteiger partial charge on any atom is -0.467 e. The Labute approximate surface area is 82.1 Å². The standard InChI is InChI=1S/C9H20O3Si/c1-7(8(10)11-5)12-13(6)9(2,3)4/h7,13H,1-6H3. The third-order valence-electron chi connectivity index (χ3n) is 2.16. The van der Waals surface area contributed by atoms with Crippen molar-refractivity contribution in [2.24, 2.45) is 0 Å². The molecule has 0 aromatic rings. The van der Waals surface area contributed by atoms with E-state index in [2.05, 4.69) is 32.1 Å². The van der Waals surface area contributed by atoms with Gasteiger partial charge in [-0.1, -0.05) is 20.8 Å². The summed E-state index contributed by atoms with van der Waals surface area (Å²) >= 11 is 0. The van der Waals surface area contributed by atoms with Gasteiger partial charge in [0.15, 0.2) is 9.04 Å². The molecule has 0 bridgehead atoms. The van der Waals surface area contributed by atoms with Gasteiger partial charge < -0.3 is 9.16 Å². The van der Waals surface area contributed by atoms with E-state index < -0.39 is 15.1 Å². The van der Waals surface area contributed by atoms with Gasteiger partial charge in [0.2, 0.25) is 0 Å². The molecule has 0 aromatic heterocycles. The van der Waals surface area contributed by atoms with Crippen molar-refractivity contribution < 1.29 is 14.0 Å². The molecule has 78 valence electrons. The number of carbonyl (C=O) groups is 1. The molecule has 0 aliphatic carbocycles. The largest absolute Gasteiger partial charge is 0.467 e. The van der Waals surface area contributed by atoms with E-state index >= 15 is 0 Å². The average Bonchev–Trinajstić information content (AvgIpc) is 2.01. The van der Waals surface area contributed by atoms with Crippen LogP contribution >= 0.6 is 0 Å². The van der Waals surface area contributed by atoms with Crippen LogP contribution in [0, 0.1) is 0 Å². The van der Waals surface area contributed by atoms with Crippen LogP contribution in [0.25, 0.3) is 0 Å². The summed E-state index contributed by atoms with van der Waals surface area (Å²) < 4.78 is 10.2. The van der Waals surface area contributed by atoms with E-state index in [4.69, 9.17) is 4.43 Å². The lowest BCUT2D eigenvalue weighted by Crippen LogP contribution is -2.34. The summed E-state index contributed by atoms with van der Waals surface area (Å²) in [5, 5.41) is 0.183. The Balaban J connectivity index is 4.06. The topological polar surface area (TPSA) is 35.5 Å². The molecule has 0 saturated heterocycles. The van der Waals surface area contributed by atoms with E-state index in [-0.39, 0.29) is 11.0 Å². The van der Waals surface area contributed by atoms with Crippen molar-refractivity contribution in [3.05, 3.63) is 0 Å². The maximum absolute atomic E-state index is 11.0. The van der Waals surface area contributed by atoms with Crippen molar-refractivity contribution in [3.8, 4) is 0 Å². The van der Waals surface area contributed by atoms with Gasteiger partial charge in [0, 0.05) is 0 Å². The maximum Gasteiger partial charge on any atom is 0.333 e. The fourth-order valence-corrected chi connectivity index (χ4v) is 1.86. The highest BCUT2D eigenvalue weighted by molar-refractivity contribution is 6.54. The van der Waals surface area contributed by atoms with Crippen LogP contribution in [0.4, 0.5) is 0 Å². The van der Waals surface area contributed by atoms with Crippen molar-refractivity contribution in [1.29, 1.82) is 0 Å². The maximum atomic E-state index is 11.0. The van der Waals surface area contributed by atoms with Gasteiger partial charge in [-0.15, -0.1) is 0 Å². The second-order valence-electron chi connectivity index (χ2n) is 4.31. The Kier molecular flexibility index (Phi) is 4.63. The van der Waals surface area contributed by atoms with Crippen LogP contribution in [0.2, 0.25) is 11.6 Å². The second-order valence-corrected chi connectivity index (χ2v) is 7.60. The normalized spacial score (nSPS) is 16.5. The summed E-state index contributed by atoms with van der Waals surface area (Å²) in [7, 11) is 0.0613. The zero-order valence-electron chi connectivity index (χ0n) is 9.38. The fourth-order valence-electron chi connectivity index (χ4n) is 0.732. The van der Waals surface area contributed by atoms with Gasteiger partial charge in [0.05, 0.1) is 7.11 Å². The molecule has 0 N–H and O–H groups in total. The summed E-state index contributed by atoms with van der Waals surface area (Å²) in [6.45, 7) is 10.2. The highest BCUT2D eigenvalue weighted by Crippen LogP contribution is 2.27. The summed E-state index contributed by atoms with van der Waals surface area (Å²) in [5.74, 6) is -0.288. The second kappa shape index (κ2) is 4.76. The quantitative estimate of drug-likeness (QED) is 0.519. The Morgan fingerprint density at radius 2 is 1.85 bits per heavy atom. The molecule has 0 spiro atoms. The number of rotatable bonds is 3. The van der Waals surface area contributed by atoms with Gasteiger partial charge in [-0.05, 0) is 18.5 Å². The summed E-state index contributed by atoms with van der Waals surface area (Å²) in [6, 6.07) is 0. The Morgan fingerprint density at radius 3 is 2.15 bits per heavy atom. The van der Waals surface area contributed by atoms with Gasteiger partial charge in [-0.3, -0.25) is 0 Å². The van der Waals surface area contributed by atoms with Crippen molar-refractivity contribution in [2.75, 3.05) is 7.11 Å². The Hall–Kier alpha value is -0.353. The van der Waals surface area contributed by atoms with E-state index in [9.17, 15) is 4.79 Å². The molecule has 0 rings (SSSR count). The first kappa shape index (κ1) is 12.6. The van der Waals surface area contributed by atoms with Crippen LogP contribution < -0.4 is 0 Å². The molecule has 0 heterocycles. The molecule has 0 fully saturated rings. The predicted octanol–water partition coefficient (Wildman–Crippen LogP) is 1.72. The van der Waals surface area contributed by atoms with Crippen LogP contribution in [0.5, 0.6) is 0 Å². The number of ether oxygens (including phenoxy) is 1. The average molecular weight is 204 g/mol. The smallest absolute Gasteiger partial charge is 0.333 e. The summed E-state index contributed by atoms with van der Waals surface area (Å²) in [5.41, 5.74) is 0. The molecular formula is C9H20O3Si. The molecule has 0 amide bonds. The zero-order valence-corrected chi connectivity index (χ0v) is 10.5. The fraction of sp³-hybridized carbons (Fsp3) is 0.889. The number of hydrogen-bond acceptors (Lipinski definition) is 3. The van der Waals surface area contributed by atoms with Crippen molar-refractivity contribution >= 4 is 15.0 Å². The van der Waals surface area contributed by atoms with Crippen LogP contribution in [0.1, 0.15) is 27.7 Å². The molecule has 0 saturated carbocycles. The number of esters is 1. The number of carbonyl (C=O) groups excluding carboxylic acids is 1. The van der Waals surface area contributed by atoms with Gasteiger partial charge in [-0.2, -0.15) is 0 Å². The molecule has 0 radical (unpaired) electrons. The SMILES string of the molecule is COC(=O)C(C)O[SiH](C)C(C)(C)C. The van der Waals surface area contributed by atoms with E-state index in [1.165, 1.54) is 7.11 Å². The minimum absolute atomic E-state index is 0.183. The molecule has 4 heteroatoms. The van der Waals surface area contributed by atoms with Crippen LogP contribution in [-0.2, 0) is 14.0 Å². The molecular weight excluding hydrogens is 184 g/mol. The molecule has 0 aliphatic rings. The van der Waals surface area contributed by atoms with Crippen LogP contribution in [0.15, 0.2) is 0 Å². The monoisotopic (exact) mass is 204 g/mol. The molecule has 2 unspecified atom stereocenters. The number of methoxy groups -OCH3 is 1. The minimum atomic E-state index is -1.32. The van der Waals surface area contributed by atoms with E-state index in [0.29, 0.717) is 0 Å².